The van der Waals surface area contributed by atoms with Crippen LogP contribution in [-0.4, -0.2) is 4.98 Å². The molecule has 1 nitrogen and oxygen atoms in total. The molecule has 1 aromatic heterocycles. The van der Waals surface area contributed by atoms with E-state index in [9.17, 15) is 0 Å². The van der Waals surface area contributed by atoms with E-state index >= 15 is 0 Å². The van der Waals surface area contributed by atoms with Crippen LogP contribution in [0.4, 0.5) is 0 Å². The summed E-state index contributed by atoms with van der Waals surface area (Å²) < 4.78 is 1.15. The predicted octanol–water partition coefficient (Wildman–Crippen LogP) is 5.14. The molecule has 0 aliphatic rings. The van der Waals surface area contributed by atoms with E-state index in [4.69, 9.17) is 0 Å². The molecule has 18 heavy (non-hydrogen) atoms. The average Bonchev–Trinajstić information content (AvgIpc) is 2.35. The van der Waals surface area contributed by atoms with Crippen molar-refractivity contribution < 1.29 is 0 Å². The Balaban J connectivity index is 2.13. The SMILES string of the molecule is Cc1ccc(CC(Br)c2ccc(C)c(Br)c2)nc1. The summed E-state index contributed by atoms with van der Waals surface area (Å²) in [7, 11) is 0. The average molecular weight is 369 g/mol. The van der Waals surface area contributed by atoms with Gasteiger partial charge in [0.2, 0.25) is 0 Å². The molecule has 0 fully saturated rings. The highest BCUT2D eigenvalue weighted by Gasteiger charge is 2.10. The van der Waals surface area contributed by atoms with Gasteiger partial charge in [-0.3, -0.25) is 4.98 Å². The maximum Gasteiger partial charge on any atom is 0.0451 e. The molecule has 0 saturated carbocycles. The Morgan fingerprint density at radius 3 is 2.56 bits per heavy atom. The van der Waals surface area contributed by atoms with Gasteiger partial charge in [-0.1, -0.05) is 50.1 Å². The number of alkyl halides is 1. The Morgan fingerprint density at radius 1 is 1.17 bits per heavy atom. The number of pyridine rings is 1. The molecule has 0 N–H and O–H groups in total. The van der Waals surface area contributed by atoms with E-state index in [1.165, 1.54) is 16.7 Å². The molecule has 0 amide bonds. The van der Waals surface area contributed by atoms with Crippen LogP contribution < -0.4 is 0 Å². The first-order valence-corrected chi connectivity index (χ1v) is 7.59. The lowest BCUT2D eigenvalue weighted by Crippen LogP contribution is -1.98. The zero-order valence-corrected chi connectivity index (χ0v) is 13.6. The second-order valence-electron chi connectivity index (χ2n) is 4.51. The molecular formula is C15H15Br2N. The zero-order chi connectivity index (χ0) is 13.1. The molecule has 2 aromatic rings. The molecule has 0 saturated heterocycles. The lowest BCUT2D eigenvalue weighted by atomic mass is 10.1. The molecule has 0 radical (unpaired) electrons. The number of halogens is 2. The Kier molecular flexibility index (Phi) is 4.57. The minimum atomic E-state index is 0.296. The van der Waals surface area contributed by atoms with E-state index in [1.54, 1.807) is 0 Å². The van der Waals surface area contributed by atoms with Crippen LogP contribution in [0.2, 0.25) is 0 Å². The fourth-order valence-electron chi connectivity index (χ4n) is 1.72. The first kappa shape index (κ1) is 13.8. The van der Waals surface area contributed by atoms with Crippen LogP contribution in [0.15, 0.2) is 41.0 Å². The minimum absolute atomic E-state index is 0.296. The van der Waals surface area contributed by atoms with Gasteiger partial charge in [-0.05, 0) is 42.7 Å². The number of benzene rings is 1. The summed E-state index contributed by atoms with van der Waals surface area (Å²) >= 11 is 7.31. The molecule has 94 valence electrons. The van der Waals surface area contributed by atoms with Crippen LogP contribution >= 0.6 is 31.9 Å². The second kappa shape index (κ2) is 5.98. The van der Waals surface area contributed by atoms with Crippen molar-refractivity contribution in [1.29, 1.82) is 0 Å². The van der Waals surface area contributed by atoms with E-state index in [-0.39, 0.29) is 0 Å². The summed E-state index contributed by atoms with van der Waals surface area (Å²) in [6.45, 7) is 4.15. The standard InChI is InChI=1S/C15H15Br2N/c1-10-3-6-13(18-9-10)8-15(17)12-5-4-11(2)14(16)7-12/h3-7,9,15H,8H2,1-2H3. The van der Waals surface area contributed by atoms with Gasteiger partial charge in [0.05, 0.1) is 0 Å². The molecule has 0 bridgehead atoms. The maximum atomic E-state index is 4.44. The summed E-state index contributed by atoms with van der Waals surface area (Å²) in [6, 6.07) is 10.7. The van der Waals surface area contributed by atoms with Crippen molar-refractivity contribution in [3.8, 4) is 0 Å². The highest BCUT2D eigenvalue weighted by atomic mass is 79.9. The van der Waals surface area contributed by atoms with Crippen molar-refractivity contribution in [3.63, 3.8) is 0 Å². The molecule has 1 aromatic carbocycles. The minimum Gasteiger partial charge on any atom is -0.261 e. The van der Waals surface area contributed by atoms with Crippen molar-refractivity contribution in [3.05, 3.63) is 63.4 Å². The number of aromatic nitrogens is 1. The first-order valence-electron chi connectivity index (χ1n) is 5.88. The summed E-state index contributed by atoms with van der Waals surface area (Å²) in [6.07, 6.45) is 2.82. The first-order chi connectivity index (χ1) is 8.56. The van der Waals surface area contributed by atoms with Crippen molar-refractivity contribution in [2.45, 2.75) is 25.1 Å². The van der Waals surface area contributed by atoms with Gasteiger partial charge < -0.3 is 0 Å². The van der Waals surface area contributed by atoms with Gasteiger partial charge in [-0.2, -0.15) is 0 Å². The van der Waals surface area contributed by atoms with Crippen LogP contribution in [0.25, 0.3) is 0 Å². The third-order valence-corrected chi connectivity index (χ3v) is 4.63. The highest BCUT2D eigenvalue weighted by molar-refractivity contribution is 9.10. The largest absolute Gasteiger partial charge is 0.261 e. The maximum absolute atomic E-state index is 4.44. The molecule has 3 heteroatoms. The van der Waals surface area contributed by atoms with Gasteiger partial charge in [-0.25, -0.2) is 0 Å². The summed E-state index contributed by atoms with van der Waals surface area (Å²) in [5.74, 6) is 0. The van der Waals surface area contributed by atoms with Crippen LogP contribution in [0.5, 0.6) is 0 Å². The van der Waals surface area contributed by atoms with Crippen LogP contribution in [0, 0.1) is 13.8 Å². The lowest BCUT2D eigenvalue weighted by Gasteiger charge is -2.11. The molecule has 0 spiro atoms. The number of rotatable bonds is 3. The van der Waals surface area contributed by atoms with Gasteiger partial charge in [0.25, 0.3) is 0 Å². The molecule has 2 rings (SSSR count). The fraction of sp³-hybridized carbons (Fsp3) is 0.267. The van der Waals surface area contributed by atoms with Gasteiger partial charge in [0.1, 0.15) is 0 Å². The fourth-order valence-corrected chi connectivity index (χ4v) is 2.74. The van der Waals surface area contributed by atoms with Gasteiger partial charge >= 0.3 is 0 Å². The Morgan fingerprint density at radius 2 is 1.94 bits per heavy atom. The van der Waals surface area contributed by atoms with E-state index in [2.05, 4.69) is 81.0 Å². The van der Waals surface area contributed by atoms with Crippen LogP contribution in [0.1, 0.15) is 27.2 Å². The monoisotopic (exact) mass is 367 g/mol. The van der Waals surface area contributed by atoms with E-state index in [0.717, 1.165) is 16.6 Å². The highest BCUT2D eigenvalue weighted by Crippen LogP contribution is 2.29. The molecule has 1 heterocycles. The molecule has 1 atom stereocenters. The Hall–Kier alpha value is -0.670. The molecule has 1 unspecified atom stereocenters. The molecular weight excluding hydrogens is 354 g/mol. The van der Waals surface area contributed by atoms with Gasteiger partial charge in [-0.15, -0.1) is 0 Å². The Labute approximate surface area is 125 Å². The van der Waals surface area contributed by atoms with Crippen molar-refractivity contribution in [1.82, 2.24) is 4.98 Å². The van der Waals surface area contributed by atoms with E-state index < -0.39 is 0 Å². The topological polar surface area (TPSA) is 12.9 Å². The van der Waals surface area contributed by atoms with Crippen LogP contribution in [-0.2, 0) is 6.42 Å². The quantitative estimate of drug-likeness (QED) is 0.683. The summed E-state index contributed by atoms with van der Waals surface area (Å²) in [5, 5.41) is 0. The number of hydrogen-bond donors (Lipinski definition) is 0. The third kappa shape index (κ3) is 3.42. The smallest absolute Gasteiger partial charge is 0.0451 e. The van der Waals surface area contributed by atoms with Gasteiger partial charge in [0.15, 0.2) is 0 Å². The zero-order valence-electron chi connectivity index (χ0n) is 10.5. The third-order valence-electron chi connectivity index (χ3n) is 2.92. The van der Waals surface area contributed by atoms with Crippen molar-refractivity contribution >= 4 is 31.9 Å². The van der Waals surface area contributed by atoms with E-state index in [0.29, 0.717) is 4.83 Å². The lowest BCUT2D eigenvalue weighted by molar-refractivity contribution is 0.901. The number of nitrogens with zero attached hydrogens (tertiary/aromatic N) is 1. The summed E-state index contributed by atoms with van der Waals surface area (Å²) in [5.41, 5.74) is 4.84. The Bertz CT molecular complexity index is 535. The van der Waals surface area contributed by atoms with E-state index in [1.807, 2.05) is 6.20 Å². The van der Waals surface area contributed by atoms with Crippen molar-refractivity contribution in [2.24, 2.45) is 0 Å². The molecule has 0 aliphatic carbocycles. The van der Waals surface area contributed by atoms with Crippen LogP contribution in [0.3, 0.4) is 0 Å². The predicted molar refractivity (Wildman–Crippen MR) is 83.2 cm³/mol. The second-order valence-corrected chi connectivity index (χ2v) is 6.47. The number of hydrogen-bond acceptors (Lipinski definition) is 1. The van der Waals surface area contributed by atoms with Crippen molar-refractivity contribution in [2.75, 3.05) is 0 Å². The summed E-state index contributed by atoms with van der Waals surface area (Å²) in [4.78, 5) is 4.74. The number of aryl methyl sites for hydroxylation is 2. The normalized spacial score (nSPS) is 12.4. The molecule has 0 aliphatic heterocycles. The van der Waals surface area contributed by atoms with Gasteiger partial charge in [0, 0.05) is 27.6 Å².